The third-order valence-corrected chi connectivity index (χ3v) is 5.74. The molecule has 1 amide bonds. The van der Waals surface area contributed by atoms with E-state index in [1.165, 1.54) is 11.3 Å². The number of nitrogens with two attached hydrogens (primary N) is 1. The highest BCUT2D eigenvalue weighted by Crippen LogP contribution is 2.36. The van der Waals surface area contributed by atoms with Crippen molar-refractivity contribution in [3.8, 4) is 5.75 Å². The third-order valence-electron chi connectivity index (χ3n) is 4.63. The van der Waals surface area contributed by atoms with Crippen molar-refractivity contribution in [2.45, 2.75) is 12.3 Å². The number of nitrogens with one attached hydrogen (secondary N) is 2. The van der Waals surface area contributed by atoms with Crippen molar-refractivity contribution in [2.75, 3.05) is 13.2 Å². The van der Waals surface area contributed by atoms with E-state index in [2.05, 4.69) is 5.32 Å². The smallest absolute Gasteiger partial charge is 0.261 e. The highest BCUT2D eigenvalue weighted by Gasteiger charge is 2.24. The molecule has 26 heavy (non-hydrogen) atoms. The molecule has 0 radical (unpaired) electrons. The molecule has 5 nitrogen and oxygen atoms in total. The first kappa shape index (κ1) is 16.6. The lowest BCUT2D eigenvalue weighted by molar-refractivity contribution is 0.0956. The average Bonchev–Trinajstić information content (AvgIpc) is 3.25. The van der Waals surface area contributed by atoms with E-state index in [4.69, 9.17) is 15.9 Å². The fraction of sp³-hybridized carbons (Fsp3) is 0.200. The van der Waals surface area contributed by atoms with Crippen LogP contribution in [0.3, 0.4) is 0 Å². The van der Waals surface area contributed by atoms with Crippen LogP contribution in [0.2, 0.25) is 0 Å². The second-order valence-corrected chi connectivity index (χ2v) is 7.45. The quantitative estimate of drug-likeness (QED) is 0.478. The second-order valence-electron chi connectivity index (χ2n) is 6.37. The maximum Gasteiger partial charge on any atom is 0.261 e. The Morgan fingerprint density at radius 3 is 2.92 bits per heavy atom. The number of thiophene rings is 1. The molecule has 0 saturated heterocycles. The fourth-order valence-electron chi connectivity index (χ4n) is 3.23. The summed E-state index contributed by atoms with van der Waals surface area (Å²) in [6.07, 6.45) is 0.783. The van der Waals surface area contributed by atoms with Gasteiger partial charge in [-0.3, -0.25) is 10.2 Å². The molecule has 1 aliphatic heterocycles. The molecular formula is C20H19N3O2S. The molecule has 1 aromatic heterocycles. The summed E-state index contributed by atoms with van der Waals surface area (Å²) in [7, 11) is 0. The summed E-state index contributed by atoms with van der Waals surface area (Å²) in [5.74, 6) is 1.06. The van der Waals surface area contributed by atoms with Gasteiger partial charge in [-0.05, 0) is 42.1 Å². The van der Waals surface area contributed by atoms with E-state index >= 15 is 0 Å². The van der Waals surface area contributed by atoms with Crippen LogP contribution in [0.5, 0.6) is 5.75 Å². The minimum Gasteiger partial charge on any atom is -0.493 e. The van der Waals surface area contributed by atoms with Crippen LogP contribution in [0.1, 0.15) is 33.1 Å². The van der Waals surface area contributed by atoms with Gasteiger partial charge in [0.15, 0.2) is 0 Å². The number of hydrogen-bond donors (Lipinski definition) is 3. The standard InChI is InChI=1S/C20H19N3O2S/c21-19(22)13-5-6-16-15(9-13)14(11-25-16)7-8-23-20(24)18-10-12-3-1-2-4-17(12)26-18/h1-6,9-10,14H,7-8,11H2,(H3,21,22)(H,23,24). The van der Waals surface area contributed by atoms with E-state index in [1.54, 1.807) is 6.07 Å². The van der Waals surface area contributed by atoms with Crippen molar-refractivity contribution in [1.82, 2.24) is 5.32 Å². The first-order valence-corrected chi connectivity index (χ1v) is 9.31. The maximum atomic E-state index is 12.4. The lowest BCUT2D eigenvalue weighted by Gasteiger charge is -2.10. The van der Waals surface area contributed by atoms with Gasteiger partial charge in [0.2, 0.25) is 0 Å². The largest absolute Gasteiger partial charge is 0.493 e. The summed E-state index contributed by atoms with van der Waals surface area (Å²) in [6, 6.07) is 15.5. The highest BCUT2D eigenvalue weighted by molar-refractivity contribution is 7.20. The van der Waals surface area contributed by atoms with E-state index in [-0.39, 0.29) is 17.7 Å². The van der Waals surface area contributed by atoms with Gasteiger partial charge in [0, 0.05) is 28.3 Å². The van der Waals surface area contributed by atoms with Crippen LogP contribution < -0.4 is 15.8 Å². The Labute approximate surface area is 155 Å². The number of rotatable bonds is 5. The number of amides is 1. The van der Waals surface area contributed by atoms with Crippen molar-refractivity contribution in [2.24, 2.45) is 5.73 Å². The normalized spacial score (nSPS) is 15.5. The summed E-state index contributed by atoms with van der Waals surface area (Å²) >= 11 is 1.51. The van der Waals surface area contributed by atoms with E-state index in [0.717, 1.165) is 32.7 Å². The molecule has 3 aromatic rings. The third kappa shape index (κ3) is 3.15. The summed E-state index contributed by atoms with van der Waals surface area (Å²) in [5.41, 5.74) is 7.34. The van der Waals surface area contributed by atoms with Gasteiger partial charge in [0.05, 0.1) is 11.5 Å². The summed E-state index contributed by atoms with van der Waals surface area (Å²) < 4.78 is 6.82. The zero-order valence-corrected chi connectivity index (χ0v) is 14.9. The molecule has 1 unspecified atom stereocenters. The first-order chi connectivity index (χ1) is 12.6. The van der Waals surface area contributed by atoms with Crippen molar-refractivity contribution >= 4 is 33.2 Å². The van der Waals surface area contributed by atoms with Gasteiger partial charge in [-0.15, -0.1) is 11.3 Å². The Morgan fingerprint density at radius 2 is 2.12 bits per heavy atom. The Balaban J connectivity index is 1.39. The number of nitrogen functional groups attached to an aromatic ring is 1. The molecule has 1 aliphatic rings. The van der Waals surface area contributed by atoms with Crippen LogP contribution in [-0.2, 0) is 0 Å². The zero-order chi connectivity index (χ0) is 18.1. The molecule has 4 rings (SSSR count). The molecule has 0 aliphatic carbocycles. The summed E-state index contributed by atoms with van der Waals surface area (Å²) in [6.45, 7) is 1.17. The number of carbonyl (C=O) groups excluding carboxylic acids is 1. The lowest BCUT2D eigenvalue weighted by atomic mass is 9.96. The fourth-order valence-corrected chi connectivity index (χ4v) is 4.21. The molecule has 132 valence electrons. The van der Waals surface area contributed by atoms with Gasteiger partial charge >= 0.3 is 0 Å². The Hall–Kier alpha value is -2.86. The molecule has 2 heterocycles. The van der Waals surface area contributed by atoms with Gasteiger partial charge in [-0.2, -0.15) is 0 Å². The molecule has 0 fully saturated rings. The van der Waals surface area contributed by atoms with Crippen molar-refractivity contribution < 1.29 is 9.53 Å². The topological polar surface area (TPSA) is 88.2 Å². The van der Waals surface area contributed by atoms with Gasteiger partial charge in [0.1, 0.15) is 11.6 Å². The number of fused-ring (bicyclic) bond motifs is 2. The van der Waals surface area contributed by atoms with Crippen LogP contribution in [-0.4, -0.2) is 24.9 Å². The predicted molar refractivity (Wildman–Crippen MR) is 104 cm³/mol. The number of hydrogen-bond acceptors (Lipinski definition) is 4. The van der Waals surface area contributed by atoms with Crippen molar-refractivity contribution in [1.29, 1.82) is 5.41 Å². The minimum atomic E-state index is -0.0391. The van der Waals surface area contributed by atoms with Crippen LogP contribution in [0.15, 0.2) is 48.5 Å². The number of carbonyl (C=O) groups is 1. The predicted octanol–water partition coefficient (Wildman–Crippen LogP) is 3.48. The van der Waals surface area contributed by atoms with Gasteiger partial charge in [0.25, 0.3) is 5.91 Å². The Kier molecular flexibility index (Phi) is 4.34. The Morgan fingerprint density at radius 1 is 1.27 bits per heavy atom. The van der Waals surface area contributed by atoms with Crippen LogP contribution in [0.25, 0.3) is 10.1 Å². The highest BCUT2D eigenvalue weighted by atomic mass is 32.1. The molecule has 0 saturated carbocycles. The number of amidine groups is 1. The average molecular weight is 365 g/mol. The van der Waals surface area contributed by atoms with Crippen molar-refractivity contribution in [3.63, 3.8) is 0 Å². The Bertz CT molecular complexity index is 963. The van der Waals surface area contributed by atoms with Crippen LogP contribution in [0.4, 0.5) is 0 Å². The molecule has 2 aromatic carbocycles. The van der Waals surface area contributed by atoms with Crippen LogP contribution >= 0.6 is 11.3 Å². The monoisotopic (exact) mass is 365 g/mol. The van der Waals surface area contributed by atoms with E-state index in [1.807, 2.05) is 42.5 Å². The molecular weight excluding hydrogens is 346 g/mol. The van der Waals surface area contributed by atoms with Gasteiger partial charge in [-0.1, -0.05) is 18.2 Å². The van der Waals surface area contributed by atoms with Crippen LogP contribution in [0, 0.1) is 5.41 Å². The van der Waals surface area contributed by atoms with E-state index in [0.29, 0.717) is 18.7 Å². The number of benzene rings is 2. The maximum absolute atomic E-state index is 12.4. The second kappa shape index (κ2) is 6.80. The van der Waals surface area contributed by atoms with E-state index < -0.39 is 0 Å². The molecule has 0 bridgehead atoms. The minimum absolute atomic E-state index is 0.0391. The van der Waals surface area contributed by atoms with Crippen molar-refractivity contribution in [3.05, 3.63) is 64.5 Å². The number of ether oxygens (including phenoxy) is 1. The molecule has 0 spiro atoms. The summed E-state index contributed by atoms with van der Waals surface area (Å²) in [4.78, 5) is 13.1. The molecule has 6 heteroatoms. The summed E-state index contributed by atoms with van der Waals surface area (Å²) in [5, 5.41) is 11.7. The van der Waals surface area contributed by atoms with E-state index in [9.17, 15) is 4.79 Å². The molecule has 4 N–H and O–H groups in total. The van der Waals surface area contributed by atoms with Gasteiger partial charge < -0.3 is 15.8 Å². The zero-order valence-electron chi connectivity index (χ0n) is 14.1. The lowest BCUT2D eigenvalue weighted by Crippen LogP contribution is -2.25. The first-order valence-electron chi connectivity index (χ1n) is 8.50. The van der Waals surface area contributed by atoms with Gasteiger partial charge in [-0.25, -0.2) is 0 Å². The molecule has 1 atom stereocenters. The SMILES string of the molecule is N=C(N)c1ccc2c(c1)C(CCNC(=O)c1cc3ccccc3s1)CO2.